The van der Waals surface area contributed by atoms with Crippen molar-refractivity contribution in [1.29, 1.82) is 0 Å². The predicted molar refractivity (Wildman–Crippen MR) is 80.6 cm³/mol. The number of carbonyl (C=O) groups excluding carboxylic acids is 1. The van der Waals surface area contributed by atoms with E-state index in [0.29, 0.717) is 13.2 Å². The molecule has 8 heteroatoms. The molecule has 21 heavy (non-hydrogen) atoms. The average molecular weight is 316 g/mol. The number of amides is 1. The number of carbonyl (C=O) groups is 1. The van der Waals surface area contributed by atoms with E-state index in [1.54, 1.807) is 12.0 Å². The number of hydrogen-bond acceptors (Lipinski definition) is 5. The van der Waals surface area contributed by atoms with Gasteiger partial charge in [0.2, 0.25) is 0 Å². The van der Waals surface area contributed by atoms with Crippen LogP contribution in [0.5, 0.6) is 0 Å². The van der Waals surface area contributed by atoms with Gasteiger partial charge in [-0.05, 0) is 19.9 Å². The number of nitro benzene ring substituents is 1. The topological polar surface area (TPSA) is 98.7 Å². The Bertz CT molecular complexity index is 550. The Kier molecular flexibility index (Phi) is 5.92. The van der Waals surface area contributed by atoms with Crippen molar-refractivity contribution in [2.24, 2.45) is 0 Å². The Labute approximate surface area is 127 Å². The number of nitrogens with zero attached hydrogens (tertiary/aromatic N) is 2. The minimum absolute atomic E-state index is 0.0111. The lowest BCUT2D eigenvalue weighted by atomic mass is 10.1. The van der Waals surface area contributed by atoms with Crippen LogP contribution in [0.3, 0.4) is 0 Å². The molecule has 0 saturated heterocycles. The first-order valence-corrected chi connectivity index (χ1v) is 6.74. The molecule has 0 bridgehead atoms. The van der Waals surface area contributed by atoms with Gasteiger partial charge in [0.05, 0.1) is 22.6 Å². The molecule has 0 aliphatic heterocycles. The number of hydrogen-bond donors (Lipinski definition) is 1. The van der Waals surface area contributed by atoms with Gasteiger partial charge in [-0.15, -0.1) is 0 Å². The Balaban J connectivity index is 3.20. The van der Waals surface area contributed by atoms with Crippen LogP contribution in [0.1, 0.15) is 24.2 Å². The Morgan fingerprint density at radius 1 is 1.57 bits per heavy atom. The summed E-state index contributed by atoms with van der Waals surface area (Å²) in [5, 5.41) is 10.9. The maximum absolute atomic E-state index is 12.5. The first-order valence-electron chi connectivity index (χ1n) is 6.36. The molecule has 0 fully saturated rings. The number of rotatable bonds is 6. The van der Waals surface area contributed by atoms with Crippen LogP contribution in [0, 0.1) is 10.1 Å². The number of nitrogen functional groups attached to an aromatic ring is 1. The van der Waals surface area contributed by atoms with Gasteiger partial charge in [0.25, 0.3) is 11.6 Å². The fourth-order valence-electron chi connectivity index (χ4n) is 2.03. The van der Waals surface area contributed by atoms with Crippen LogP contribution < -0.4 is 5.73 Å². The van der Waals surface area contributed by atoms with Crippen LogP contribution in [-0.2, 0) is 4.74 Å². The van der Waals surface area contributed by atoms with Crippen LogP contribution in [0.25, 0.3) is 0 Å². The second-order valence-electron chi connectivity index (χ2n) is 4.54. The standard InChI is InChI=1S/C13H18ClN3O4/c1-4-16(8(2)7-21-3)13(18)9-5-10(14)12(15)11(6-9)17(19)20/h5-6,8H,4,7,15H2,1-3H3. The van der Waals surface area contributed by atoms with Gasteiger partial charge in [0.1, 0.15) is 5.69 Å². The van der Waals surface area contributed by atoms with Gasteiger partial charge < -0.3 is 15.4 Å². The molecule has 2 N–H and O–H groups in total. The minimum atomic E-state index is -0.660. The number of nitrogens with two attached hydrogens (primary N) is 1. The van der Waals surface area contributed by atoms with Crippen LogP contribution in [0.4, 0.5) is 11.4 Å². The lowest BCUT2D eigenvalue weighted by molar-refractivity contribution is -0.383. The summed E-state index contributed by atoms with van der Waals surface area (Å²) in [6, 6.07) is 2.32. The van der Waals surface area contributed by atoms with E-state index in [-0.39, 0.29) is 33.9 Å². The summed E-state index contributed by atoms with van der Waals surface area (Å²) in [5.41, 5.74) is 5.16. The molecule has 1 amide bonds. The van der Waals surface area contributed by atoms with Gasteiger partial charge in [0, 0.05) is 25.3 Å². The molecule has 0 aromatic heterocycles. The molecule has 1 aromatic carbocycles. The summed E-state index contributed by atoms with van der Waals surface area (Å²) in [6.45, 7) is 4.46. The van der Waals surface area contributed by atoms with Crippen molar-refractivity contribution in [3.63, 3.8) is 0 Å². The third-order valence-corrected chi connectivity index (χ3v) is 3.41. The number of nitro groups is 1. The van der Waals surface area contributed by atoms with Crippen LogP contribution >= 0.6 is 11.6 Å². The second kappa shape index (κ2) is 7.24. The summed E-state index contributed by atoms with van der Waals surface area (Å²) in [5.74, 6) is -0.355. The van der Waals surface area contributed by atoms with Gasteiger partial charge in [0.15, 0.2) is 0 Å². The number of benzene rings is 1. The molecule has 0 aliphatic carbocycles. The molecular weight excluding hydrogens is 298 g/mol. The highest BCUT2D eigenvalue weighted by molar-refractivity contribution is 6.34. The van der Waals surface area contributed by atoms with Crippen molar-refractivity contribution >= 4 is 28.9 Å². The van der Waals surface area contributed by atoms with Gasteiger partial charge in [-0.3, -0.25) is 14.9 Å². The molecule has 0 aliphatic rings. The van der Waals surface area contributed by atoms with Crippen LogP contribution in [0.15, 0.2) is 12.1 Å². The third-order valence-electron chi connectivity index (χ3n) is 3.09. The smallest absolute Gasteiger partial charge is 0.294 e. The number of ether oxygens (including phenoxy) is 1. The number of anilines is 1. The zero-order chi connectivity index (χ0) is 16.2. The van der Waals surface area contributed by atoms with E-state index < -0.39 is 4.92 Å². The van der Waals surface area contributed by atoms with Crippen LogP contribution in [0.2, 0.25) is 5.02 Å². The average Bonchev–Trinajstić information content (AvgIpc) is 2.42. The van der Waals surface area contributed by atoms with Crippen molar-refractivity contribution < 1.29 is 14.5 Å². The summed E-state index contributed by atoms with van der Waals surface area (Å²) in [7, 11) is 1.54. The summed E-state index contributed by atoms with van der Waals surface area (Å²) in [4.78, 5) is 24.3. The molecule has 0 saturated carbocycles. The molecule has 0 radical (unpaired) electrons. The fraction of sp³-hybridized carbons (Fsp3) is 0.462. The van der Waals surface area contributed by atoms with E-state index in [0.717, 1.165) is 6.07 Å². The highest BCUT2D eigenvalue weighted by Crippen LogP contribution is 2.31. The molecule has 0 spiro atoms. The van der Waals surface area contributed by atoms with E-state index >= 15 is 0 Å². The van der Waals surface area contributed by atoms with Gasteiger partial charge in [-0.2, -0.15) is 0 Å². The summed E-state index contributed by atoms with van der Waals surface area (Å²) >= 11 is 5.87. The highest BCUT2D eigenvalue weighted by Gasteiger charge is 2.24. The maximum Gasteiger partial charge on any atom is 0.294 e. The zero-order valence-electron chi connectivity index (χ0n) is 12.1. The fourth-order valence-corrected chi connectivity index (χ4v) is 2.24. The Hall–Kier alpha value is -1.86. The lowest BCUT2D eigenvalue weighted by Gasteiger charge is -2.27. The molecule has 1 atom stereocenters. The van der Waals surface area contributed by atoms with Crippen molar-refractivity contribution in [2.75, 3.05) is 26.0 Å². The van der Waals surface area contributed by atoms with Gasteiger partial charge >= 0.3 is 0 Å². The predicted octanol–water partition coefficient (Wildman–Crippen LogP) is 2.33. The molecule has 1 unspecified atom stereocenters. The van der Waals surface area contributed by atoms with E-state index in [4.69, 9.17) is 22.1 Å². The minimum Gasteiger partial charge on any atom is -0.392 e. The van der Waals surface area contributed by atoms with E-state index in [2.05, 4.69) is 0 Å². The normalized spacial score (nSPS) is 12.0. The zero-order valence-corrected chi connectivity index (χ0v) is 12.9. The van der Waals surface area contributed by atoms with Crippen LogP contribution in [-0.4, -0.2) is 42.0 Å². The third kappa shape index (κ3) is 3.83. The maximum atomic E-state index is 12.5. The van der Waals surface area contributed by atoms with Crippen molar-refractivity contribution in [1.82, 2.24) is 4.90 Å². The van der Waals surface area contributed by atoms with Crippen molar-refractivity contribution in [3.05, 3.63) is 32.8 Å². The van der Waals surface area contributed by atoms with Gasteiger partial charge in [-0.1, -0.05) is 11.6 Å². The number of methoxy groups -OCH3 is 1. The van der Waals surface area contributed by atoms with Gasteiger partial charge in [-0.25, -0.2) is 0 Å². The quantitative estimate of drug-likeness (QED) is 0.493. The molecule has 7 nitrogen and oxygen atoms in total. The molecule has 1 rings (SSSR count). The SMILES string of the molecule is CCN(C(=O)c1cc(Cl)c(N)c([N+](=O)[O-])c1)C(C)COC. The Morgan fingerprint density at radius 2 is 2.19 bits per heavy atom. The van der Waals surface area contributed by atoms with E-state index in [9.17, 15) is 14.9 Å². The Morgan fingerprint density at radius 3 is 2.67 bits per heavy atom. The number of likely N-dealkylation sites (N-methyl/N-ethyl adjacent to an activating group) is 1. The number of halogens is 1. The highest BCUT2D eigenvalue weighted by atomic mass is 35.5. The first kappa shape index (κ1) is 17.2. The van der Waals surface area contributed by atoms with E-state index in [1.807, 2.05) is 13.8 Å². The monoisotopic (exact) mass is 315 g/mol. The summed E-state index contributed by atoms with van der Waals surface area (Å²) in [6.07, 6.45) is 0. The van der Waals surface area contributed by atoms with E-state index in [1.165, 1.54) is 6.07 Å². The van der Waals surface area contributed by atoms with Crippen molar-refractivity contribution in [3.8, 4) is 0 Å². The second-order valence-corrected chi connectivity index (χ2v) is 4.95. The summed E-state index contributed by atoms with van der Waals surface area (Å²) < 4.78 is 5.03. The first-order chi connectivity index (χ1) is 9.83. The van der Waals surface area contributed by atoms with Crippen molar-refractivity contribution in [2.45, 2.75) is 19.9 Å². The molecule has 0 heterocycles. The molecule has 1 aromatic rings. The molecular formula is C13H18ClN3O4. The largest absolute Gasteiger partial charge is 0.392 e. The molecule has 116 valence electrons. The lowest BCUT2D eigenvalue weighted by Crippen LogP contribution is -2.40.